The third-order valence-electron chi connectivity index (χ3n) is 4.14. The number of hydrogen-bond acceptors (Lipinski definition) is 4. The van der Waals surface area contributed by atoms with Gasteiger partial charge in [-0.3, -0.25) is 10.2 Å². The molecule has 0 aromatic heterocycles. The van der Waals surface area contributed by atoms with Crippen LogP contribution < -0.4 is 15.6 Å². The normalized spacial score (nSPS) is 26.8. The van der Waals surface area contributed by atoms with Gasteiger partial charge in [0.15, 0.2) is 0 Å². The molecule has 108 valence electrons. The van der Waals surface area contributed by atoms with E-state index in [1.54, 1.807) is 0 Å². The van der Waals surface area contributed by atoms with E-state index in [0.29, 0.717) is 12.6 Å². The molecule has 1 heterocycles. The molecule has 1 aliphatic heterocycles. The van der Waals surface area contributed by atoms with Crippen LogP contribution >= 0.6 is 0 Å². The molecule has 3 rings (SSSR count). The summed E-state index contributed by atoms with van der Waals surface area (Å²) in [5.74, 6) is -0.339. The summed E-state index contributed by atoms with van der Waals surface area (Å²) in [6.07, 6.45) is 5.12. The second-order valence-corrected chi connectivity index (χ2v) is 5.54. The van der Waals surface area contributed by atoms with Crippen LogP contribution in [-0.4, -0.2) is 23.7 Å². The number of carbonyl (C=O) groups is 1. The molecule has 0 bridgehead atoms. The number of nitrogens with one attached hydrogen (secondary N) is 2. The van der Waals surface area contributed by atoms with E-state index < -0.39 is 11.9 Å². The second kappa shape index (κ2) is 5.81. The highest BCUT2D eigenvalue weighted by Gasteiger charge is 2.33. The summed E-state index contributed by atoms with van der Waals surface area (Å²) in [5.41, 5.74) is 6.91. The van der Waals surface area contributed by atoms with Crippen LogP contribution in [0, 0.1) is 5.92 Å². The first kappa shape index (κ1) is 13.4. The van der Waals surface area contributed by atoms with Crippen molar-refractivity contribution in [3.8, 4) is 5.75 Å². The number of carboxylic acids is 1. The van der Waals surface area contributed by atoms with Crippen LogP contribution in [-0.2, 0) is 4.79 Å². The zero-order valence-corrected chi connectivity index (χ0v) is 11.3. The Bertz CT molecular complexity index is 469. The van der Waals surface area contributed by atoms with Gasteiger partial charge in [0.2, 0.25) is 0 Å². The van der Waals surface area contributed by atoms with Gasteiger partial charge in [0, 0.05) is 6.54 Å². The molecule has 20 heavy (non-hydrogen) atoms. The third kappa shape index (κ3) is 2.78. The largest absolute Gasteiger partial charge is 0.490 e. The molecule has 5 nitrogen and oxygen atoms in total. The Labute approximate surface area is 118 Å². The van der Waals surface area contributed by atoms with Crippen LogP contribution in [0.25, 0.3) is 0 Å². The lowest BCUT2D eigenvalue weighted by Gasteiger charge is -2.17. The van der Waals surface area contributed by atoms with Gasteiger partial charge < -0.3 is 9.84 Å². The zero-order valence-electron chi connectivity index (χ0n) is 11.3. The van der Waals surface area contributed by atoms with Crippen LogP contribution in [0.2, 0.25) is 0 Å². The highest BCUT2D eigenvalue weighted by molar-refractivity contribution is 5.72. The monoisotopic (exact) mass is 276 g/mol. The molecule has 0 radical (unpaired) electrons. The molecule has 0 spiro atoms. The van der Waals surface area contributed by atoms with Crippen molar-refractivity contribution in [2.24, 2.45) is 5.92 Å². The van der Waals surface area contributed by atoms with Crippen molar-refractivity contribution in [2.75, 3.05) is 6.54 Å². The van der Waals surface area contributed by atoms with Gasteiger partial charge in [0.1, 0.15) is 5.75 Å². The van der Waals surface area contributed by atoms with Gasteiger partial charge >= 0.3 is 5.97 Å². The van der Waals surface area contributed by atoms with E-state index in [-0.39, 0.29) is 6.04 Å². The summed E-state index contributed by atoms with van der Waals surface area (Å²) in [4.78, 5) is 11.2. The fraction of sp³-hybridized carbons (Fsp3) is 0.533. The summed E-state index contributed by atoms with van der Waals surface area (Å²) in [5, 5.41) is 9.18. The zero-order chi connectivity index (χ0) is 13.9. The van der Waals surface area contributed by atoms with Crippen LogP contribution in [0.5, 0.6) is 5.75 Å². The summed E-state index contributed by atoms with van der Waals surface area (Å²) >= 11 is 0. The van der Waals surface area contributed by atoms with E-state index in [4.69, 9.17) is 4.74 Å². The highest BCUT2D eigenvalue weighted by atomic mass is 16.5. The van der Waals surface area contributed by atoms with Crippen LogP contribution in [0.3, 0.4) is 0 Å². The number of hydrogen-bond donors (Lipinski definition) is 3. The van der Waals surface area contributed by atoms with E-state index in [1.807, 2.05) is 24.3 Å². The maximum atomic E-state index is 11.2. The van der Waals surface area contributed by atoms with Crippen molar-refractivity contribution in [1.82, 2.24) is 10.9 Å². The molecule has 2 aliphatic rings. The Kier molecular flexibility index (Phi) is 3.89. The van der Waals surface area contributed by atoms with Crippen molar-refractivity contribution in [3.63, 3.8) is 0 Å². The number of carboxylic acid groups (broad SMARTS) is 1. The topological polar surface area (TPSA) is 70.6 Å². The molecular weight excluding hydrogens is 256 g/mol. The summed E-state index contributed by atoms with van der Waals surface area (Å²) in [6.45, 7) is 0.445. The summed E-state index contributed by atoms with van der Waals surface area (Å²) in [7, 11) is 0. The van der Waals surface area contributed by atoms with Gasteiger partial charge in [-0.25, -0.2) is 5.43 Å². The average Bonchev–Trinajstić information content (AvgIpc) is 3.10. The minimum absolute atomic E-state index is 0.187. The summed E-state index contributed by atoms with van der Waals surface area (Å²) in [6, 6.07) is 7.59. The Morgan fingerprint density at radius 2 is 1.90 bits per heavy atom. The van der Waals surface area contributed by atoms with Gasteiger partial charge in [-0.2, -0.15) is 0 Å². The Morgan fingerprint density at radius 3 is 2.55 bits per heavy atom. The van der Waals surface area contributed by atoms with Gasteiger partial charge in [0.05, 0.1) is 18.1 Å². The Morgan fingerprint density at radius 1 is 1.20 bits per heavy atom. The van der Waals surface area contributed by atoms with E-state index >= 15 is 0 Å². The quantitative estimate of drug-likeness (QED) is 0.783. The van der Waals surface area contributed by atoms with Crippen molar-refractivity contribution < 1.29 is 14.6 Å². The number of rotatable bonds is 4. The minimum atomic E-state index is -0.779. The Hall–Kier alpha value is -1.59. The first-order chi connectivity index (χ1) is 9.74. The molecule has 2 unspecified atom stereocenters. The molecular formula is C15H20N2O3. The molecule has 1 saturated carbocycles. The molecule has 5 heteroatoms. The lowest BCUT2D eigenvalue weighted by Crippen LogP contribution is -2.26. The number of hydrazine groups is 1. The number of benzene rings is 1. The molecule has 1 aromatic rings. The molecule has 1 saturated heterocycles. The second-order valence-electron chi connectivity index (χ2n) is 5.54. The van der Waals surface area contributed by atoms with Crippen molar-refractivity contribution in [1.29, 1.82) is 0 Å². The first-order valence-electron chi connectivity index (χ1n) is 7.22. The molecule has 1 aliphatic carbocycles. The van der Waals surface area contributed by atoms with E-state index in [0.717, 1.165) is 24.2 Å². The van der Waals surface area contributed by atoms with Crippen molar-refractivity contribution in [2.45, 2.75) is 37.8 Å². The SMILES string of the molecule is O=C(O)C1CNNC1c1ccc(OC2CCCC2)cc1. The van der Waals surface area contributed by atoms with Crippen molar-refractivity contribution >= 4 is 5.97 Å². The van der Waals surface area contributed by atoms with E-state index in [9.17, 15) is 9.90 Å². The first-order valence-corrected chi connectivity index (χ1v) is 7.22. The average molecular weight is 276 g/mol. The van der Waals surface area contributed by atoms with Gasteiger partial charge in [0.25, 0.3) is 0 Å². The molecule has 0 amide bonds. The van der Waals surface area contributed by atoms with Crippen LogP contribution in [0.4, 0.5) is 0 Å². The minimum Gasteiger partial charge on any atom is -0.490 e. The molecule has 2 fully saturated rings. The lowest BCUT2D eigenvalue weighted by molar-refractivity contribution is -0.141. The molecule has 2 atom stereocenters. The molecule has 1 aromatic carbocycles. The van der Waals surface area contributed by atoms with E-state index in [2.05, 4.69) is 10.9 Å². The maximum absolute atomic E-state index is 11.2. The summed E-state index contributed by atoms with van der Waals surface area (Å²) < 4.78 is 5.91. The predicted octanol–water partition coefficient (Wildman–Crippen LogP) is 1.86. The highest BCUT2D eigenvalue weighted by Crippen LogP contribution is 2.28. The maximum Gasteiger partial charge on any atom is 0.309 e. The molecule has 3 N–H and O–H groups in total. The fourth-order valence-electron chi connectivity index (χ4n) is 3.00. The predicted molar refractivity (Wildman–Crippen MR) is 74.3 cm³/mol. The Balaban J connectivity index is 1.67. The van der Waals surface area contributed by atoms with Gasteiger partial charge in [-0.05, 0) is 43.4 Å². The van der Waals surface area contributed by atoms with E-state index in [1.165, 1.54) is 12.8 Å². The van der Waals surface area contributed by atoms with Crippen LogP contribution in [0.1, 0.15) is 37.3 Å². The van der Waals surface area contributed by atoms with Gasteiger partial charge in [-0.15, -0.1) is 0 Å². The van der Waals surface area contributed by atoms with Gasteiger partial charge in [-0.1, -0.05) is 12.1 Å². The smallest absolute Gasteiger partial charge is 0.309 e. The van der Waals surface area contributed by atoms with Crippen LogP contribution in [0.15, 0.2) is 24.3 Å². The number of aliphatic carboxylic acids is 1. The number of ether oxygens (including phenoxy) is 1. The fourth-order valence-corrected chi connectivity index (χ4v) is 3.00. The van der Waals surface area contributed by atoms with Crippen molar-refractivity contribution in [3.05, 3.63) is 29.8 Å². The standard InChI is InChI=1S/C15H20N2O3/c18-15(19)13-9-16-17-14(13)10-5-7-12(8-6-10)20-11-3-1-2-4-11/h5-8,11,13-14,16-17H,1-4,9H2,(H,18,19). The lowest BCUT2D eigenvalue weighted by atomic mass is 9.95. The third-order valence-corrected chi connectivity index (χ3v) is 4.14.